The van der Waals surface area contributed by atoms with Gasteiger partial charge in [0.15, 0.2) is 0 Å². The number of carbonyl (C=O) groups is 2. The second-order valence-corrected chi connectivity index (χ2v) is 7.30. The Hall–Kier alpha value is -2.54. The lowest BCUT2D eigenvalue weighted by Gasteiger charge is -2.18. The number of likely N-dealkylation sites (tertiary alicyclic amines) is 1. The van der Waals surface area contributed by atoms with Crippen molar-refractivity contribution in [3.63, 3.8) is 0 Å². The molecule has 1 aliphatic heterocycles. The standard InChI is InChI=1S/C20H18ClF3N2O2/c1-11-3-8-16(15(21)9-11)25-18(27)17-14(10-26(2)19(17)28)12-4-6-13(7-5-12)20(22,23)24/h3-9,14,17H,10H2,1-2H3,(H,25,27)/t14-,17+/m0/s1. The maximum atomic E-state index is 12.8. The van der Waals surface area contributed by atoms with Crippen molar-refractivity contribution in [1.29, 1.82) is 0 Å². The maximum absolute atomic E-state index is 12.8. The van der Waals surface area contributed by atoms with Gasteiger partial charge in [0.05, 0.1) is 16.3 Å². The molecule has 2 aromatic carbocycles. The molecule has 2 atom stereocenters. The zero-order chi connectivity index (χ0) is 20.6. The summed E-state index contributed by atoms with van der Waals surface area (Å²) in [6.07, 6.45) is -4.44. The van der Waals surface area contributed by atoms with E-state index in [2.05, 4.69) is 5.32 Å². The quantitative estimate of drug-likeness (QED) is 0.758. The van der Waals surface area contributed by atoms with Crippen LogP contribution < -0.4 is 5.32 Å². The lowest BCUT2D eigenvalue weighted by Crippen LogP contribution is -2.32. The van der Waals surface area contributed by atoms with Crippen LogP contribution in [0.1, 0.15) is 22.6 Å². The molecule has 0 aromatic heterocycles. The molecule has 1 aliphatic rings. The van der Waals surface area contributed by atoms with Crippen LogP contribution in [0.25, 0.3) is 0 Å². The summed E-state index contributed by atoms with van der Waals surface area (Å²) in [6, 6.07) is 9.67. The first-order chi connectivity index (χ1) is 13.1. The fraction of sp³-hybridized carbons (Fsp3) is 0.300. The number of aryl methyl sites for hydroxylation is 1. The number of benzene rings is 2. The first-order valence-corrected chi connectivity index (χ1v) is 8.95. The van der Waals surface area contributed by atoms with Crippen molar-refractivity contribution in [2.24, 2.45) is 5.92 Å². The molecular weight excluding hydrogens is 393 g/mol. The van der Waals surface area contributed by atoms with Crippen LogP contribution in [0.4, 0.5) is 18.9 Å². The van der Waals surface area contributed by atoms with Crippen LogP contribution in [-0.2, 0) is 15.8 Å². The summed E-state index contributed by atoms with van der Waals surface area (Å²) in [4.78, 5) is 26.8. The highest BCUT2D eigenvalue weighted by atomic mass is 35.5. The monoisotopic (exact) mass is 410 g/mol. The molecule has 28 heavy (non-hydrogen) atoms. The molecule has 2 aromatic rings. The molecule has 0 radical (unpaired) electrons. The van der Waals surface area contributed by atoms with Gasteiger partial charge >= 0.3 is 6.18 Å². The van der Waals surface area contributed by atoms with E-state index in [0.717, 1.165) is 17.7 Å². The molecule has 3 rings (SSSR count). The Labute approximate surface area is 165 Å². The number of likely N-dealkylation sites (N-methyl/N-ethyl adjacent to an activating group) is 1. The van der Waals surface area contributed by atoms with Gasteiger partial charge in [-0.15, -0.1) is 0 Å². The van der Waals surface area contributed by atoms with Gasteiger partial charge in [0.2, 0.25) is 11.8 Å². The van der Waals surface area contributed by atoms with Crippen LogP contribution >= 0.6 is 11.6 Å². The van der Waals surface area contributed by atoms with Crippen molar-refractivity contribution in [1.82, 2.24) is 4.90 Å². The average Bonchev–Trinajstić information content (AvgIpc) is 2.92. The van der Waals surface area contributed by atoms with Gasteiger partial charge in [0.25, 0.3) is 0 Å². The maximum Gasteiger partial charge on any atom is 0.416 e. The molecule has 0 spiro atoms. The van der Waals surface area contributed by atoms with Gasteiger partial charge in [0.1, 0.15) is 5.92 Å². The number of alkyl halides is 3. The third-order valence-electron chi connectivity index (χ3n) is 4.85. The van der Waals surface area contributed by atoms with Crippen molar-refractivity contribution in [2.45, 2.75) is 19.0 Å². The summed E-state index contributed by atoms with van der Waals surface area (Å²) in [5, 5.41) is 3.01. The normalized spacial score (nSPS) is 19.8. The van der Waals surface area contributed by atoms with E-state index in [9.17, 15) is 22.8 Å². The third kappa shape index (κ3) is 3.99. The molecule has 148 valence electrons. The molecule has 0 bridgehead atoms. The van der Waals surface area contributed by atoms with Crippen LogP contribution in [0.2, 0.25) is 5.02 Å². The number of amides is 2. The van der Waals surface area contributed by atoms with Gasteiger partial charge in [-0.05, 0) is 42.3 Å². The number of nitrogens with one attached hydrogen (secondary N) is 1. The van der Waals surface area contributed by atoms with Crippen molar-refractivity contribution in [3.05, 3.63) is 64.2 Å². The number of nitrogens with zero attached hydrogens (tertiary/aromatic N) is 1. The largest absolute Gasteiger partial charge is 0.416 e. The summed E-state index contributed by atoms with van der Waals surface area (Å²) in [5.41, 5.74) is 1.02. The number of halogens is 4. The Morgan fingerprint density at radius 3 is 2.39 bits per heavy atom. The molecule has 1 fully saturated rings. The van der Waals surface area contributed by atoms with Crippen molar-refractivity contribution in [3.8, 4) is 0 Å². The highest BCUT2D eigenvalue weighted by Gasteiger charge is 2.44. The second kappa shape index (κ2) is 7.47. The smallest absolute Gasteiger partial charge is 0.344 e. The Bertz CT molecular complexity index is 913. The lowest BCUT2D eigenvalue weighted by atomic mass is 9.87. The summed E-state index contributed by atoms with van der Waals surface area (Å²) in [7, 11) is 1.56. The van der Waals surface area contributed by atoms with Gasteiger partial charge in [-0.3, -0.25) is 9.59 Å². The Balaban J connectivity index is 1.87. The molecular formula is C20H18ClF3N2O2. The van der Waals surface area contributed by atoms with Crippen molar-refractivity contribution < 1.29 is 22.8 Å². The summed E-state index contributed by atoms with van der Waals surface area (Å²) >= 11 is 6.14. The second-order valence-electron chi connectivity index (χ2n) is 6.90. The summed E-state index contributed by atoms with van der Waals surface area (Å²) < 4.78 is 38.4. The predicted molar refractivity (Wildman–Crippen MR) is 100 cm³/mol. The topological polar surface area (TPSA) is 49.4 Å². The van der Waals surface area contributed by atoms with Gasteiger partial charge in [0, 0.05) is 19.5 Å². The molecule has 0 unspecified atom stereocenters. The van der Waals surface area contributed by atoms with E-state index >= 15 is 0 Å². The van der Waals surface area contributed by atoms with Crippen molar-refractivity contribution in [2.75, 3.05) is 18.9 Å². The Morgan fingerprint density at radius 1 is 1.18 bits per heavy atom. The minimum Gasteiger partial charge on any atom is -0.344 e. The van der Waals surface area contributed by atoms with E-state index in [-0.39, 0.29) is 12.5 Å². The zero-order valence-corrected chi connectivity index (χ0v) is 15.9. The lowest BCUT2D eigenvalue weighted by molar-refractivity contribution is -0.138. The number of carbonyl (C=O) groups excluding carboxylic acids is 2. The highest BCUT2D eigenvalue weighted by molar-refractivity contribution is 6.34. The van der Waals surface area contributed by atoms with E-state index in [1.165, 1.54) is 17.0 Å². The van der Waals surface area contributed by atoms with Crippen LogP contribution in [0.15, 0.2) is 42.5 Å². The molecule has 1 heterocycles. The fourth-order valence-corrected chi connectivity index (χ4v) is 3.63. The van der Waals surface area contributed by atoms with Crippen molar-refractivity contribution >= 4 is 29.1 Å². The fourth-order valence-electron chi connectivity index (χ4n) is 3.34. The minimum absolute atomic E-state index is 0.240. The molecule has 2 amide bonds. The van der Waals surface area contributed by atoms with Crippen LogP contribution in [-0.4, -0.2) is 30.3 Å². The summed E-state index contributed by atoms with van der Waals surface area (Å²) in [5.74, 6) is -2.52. The minimum atomic E-state index is -4.44. The first-order valence-electron chi connectivity index (χ1n) is 8.57. The van der Waals surface area contributed by atoms with Gasteiger partial charge < -0.3 is 10.2 Å². The number of hydrogen-bond acceptors (Lipinski definition) is 2. The highest BCUT2D eigenvalue weighted by Crippen LogP contribution is 2.36. The van der Waals surface area contributed by atoms with Crippen LogP contribution in [0.5, 0.6) is 0 Å². The number of rotatable bonds is 3. The summed E-state index contributed by atoms with van der Waals surface area (Å²) in [6.45, 7) is 2.09. The average molecular weight is 411 g/mol. The van der Waals surface area contributed by atoms with E-state index in [1.54, 1.807) is 25.2 Å². The molecule has 1 saturated heterocycles. The SMILES string of the molecule is Cc1ccc(NC(=O)[C@@H]2C(=O)N(C)C[C@H]2c2ccc(C(F)(F)F)cc2)c(Cl)c1. The van der Waals surface area contributed by atoms with E-state index < -0.39 is 29.5 Å². The van der Waals surface area contributed by atoms with Gasteiger partial charge in [-0.2, -0.15) is 13.2 Å². The molecule has 4 nitrogen and oxygen atoms in total. The number of hydrogen-bond donors (Lipinski definition) is 1. The van der Waals surface area contributed by atoms with Crippen LogP contribution in [0.3, 0.4) is 0 Å². The predicted octanol–water partition coefficient (Wildman–Crippen LogP) is 4.48. The Morgan fingerprint density at radius 2 is 1.82 bits per heavy atom. The van der Waals surface area contributed by atoms with Gasteiger partial charge in [-0.25, -0.2) is 0 Å². The van der Waals surface area contributed by atoms with Crippen LogP contribution in [0, 0.1) is 12.8 Å². The first kappa shape index (κ1) is 20.2. The van der Waals surface area contributed by atoms with Gasteiger partial charge in [-0.1, -0.05) is 29.8 Å². The number of anilines is 1. The Kier molecular flexibility index (Phi) is 5.39. The van der Waals surface area contributed by atoms with E-state index in [1.807, 2.05) is 6.92 Å². The zero-order valence-electron chi connectivity index (χ0n) is 15.2. The third-order valence-corrected chi connectivity index (χ3v) is 5.16. The molecule has 8 heteroatoms. The van der Waals surface area contributed by atoms with E-state index in [4.69, 9.17) is 11.6 Å². The molecule has 1 N–H and O–H groups in total. The molecule has 0 aliphatic carbocycles. The molecule has 0 saturated carbocycles. The van der Waals surface area contributed by atoms with E-state index in [0.29, 0.717) is 16.3 Å².